The van der Waals surface area contributed by atoms with Crippen LogP contribution in [0.1, 0.15) is 54.6 Å². The molecule has 3 rings (SSSR count). The molecule has 0 atom stereocenters. The lowest BCUT2D eigenvalue weighted by Gasteiger charge is -2.10. The lowest BCUT2D eigenvalue weighted by atomic mass is 10.0. The number of carbonyl (C=O) groups excluding carboxylic acids is 1. The van der Waals surface area contributed by atoms with Crippen LogP contribution in [0.3, 0.4) is 0 Å². The van der Waals surface area contributed by atoms with Gasteiger partial charge in [-0.05, 0) is 23.5 Å². The first kappa shape index (κ1) is 24.3. The molecule has 0 saturated heterocycles. The average Bonchev–Trinajstić information content (AvgIpc) is 3.22. The Balaban J connectivity index is 1.60. The minimum absolute atomic E-state index is 0.0203. The Morgan fingerprint density at radius 1 is 1.16 bits per heavy atom. The summed E-state index contributed by atoms with van der Waals surface area (Å²) in [4.78, 5) is 38.9. The molecule has 170 valence electrons. The van der Waals surface area contributed by atoms with Gasteiger partial charge in [0, 0.05) is 12.3 Å². The van der Waals surface area contributed by atoms with E-state index in [-0.39, 0.29) is 17.1 Å². The van der Waals surface area contributed by atoms with E-state index in [0.29, 0.717) is 23.2 Å². The fraction of sp³-hybridized carbons (Fsp3) is 0.381. The molecule has 11 heteroatoms. The molecule has 0 amide bonds. The van der Waals surface area contributed by atoms with E-state index in [2.05, 4.69) is 53.3 Å². The van der Waals surface area contributed by atoms with Gasteiger partial charge in [0.2, 0.25) is 0 Å². The zero-order valence-electron chi connectivity index (χ0n) is 18.1. The van der Waals surface area contributed by atoms with Crippen LogP contribution < -0.4 is 17.0 Å². The number of nitrogens with zero attached hydrogens (tertiary/aromatic N) is 3. The summed E-state index contributed by atoms with van der Waals surface area (Å²) in [6.07, 6.45) is 0.644. The van der Waals surface area contributed by atoms with Crippen LogP contribution in [0.25, 0.3) is 0 Å². The smallest absolute Gasteiger partial charge is 0.329 e. The summed E-state index contributed by atoms with van der Waals surface area (Å²) < 4.78 is 2.65. The first-order valence-corrected chi connectivity index (χ1v) is 12.9. The highest BCUT2D eigenvalue weighted by molar-refractivity contribution is 8.03. The maximum Gasteiger partial charge on any atom is 0.329 e. The molecule has 0 aliphatic carbocycles. The molecule has 0 spiro atoms. The summed E-state index contributed by atoms with van der Waals surface area (Å²) in [5.41, 5.74) is 6.91. The predicted molar refractivity (Wildman–Crippen MR) is 131 cm³/mol. The van der Waals surface area contributed by atoms with Crippen molar-refractivity contribution in [1.29, 1.82) is 0 Å². The van der Waals surface area contributed by atoms with Gasteiger partial charge in [-0.2, -0.15) is 0 Å². The van der Waals surface area contributed by atoms with Crippen molar-refractivity contribution in [2.24, 2.45) is 0 Å². The highest BCUT2D eigenvalue weighted by Crippen LogP contribution is 2.31. The molecule has 0 saturated carbocycles. The highest BCUT2D eigenvalue weighted by atomic mass is 32.2. The van der Waals surface area contributed by atoms with Crippen LogP contribution in [0.5, 0.6) is 0 Å². The third-order valence-electron chi connectivity index (χ3n) is 4.69. The third kappa shape index (κ3) is 5.90. The van der Waals surface area contributed by atoms with Gasteiger partial charge < -0.3 is 5.73 Å². The van der Waals surface area contributed by atoms with Crippen molar-refractivity contribution in [3.8, 4) is 0 Å². The maximum atomic E-state index is 12.6. The lowest BCUT2D eigenvalue weighted by molar-refractivity contribution is 0.102. The van der Waals surface area contributed by atoms with Crippen molar-refractivity contribution >= 4 is 46.5 Å². The number of aromatic amines is 1. The van der Waals surface area contributed by atoms with E-state index in [0.717, 1.165) is 10.1 Å². The van der Waals surface area contributed by atoms with Crippen molar-refractivity contribution in [2.45, 2.75) is 54.1 Å². The number of hydrogen-bond acceptors (Lipinski definition) is 9. The molecule has 2 aromatic heterocycles. The van der Waals surface area contributed by atoms with Gasteiger partial charge in [0.25, 0.3) is 5.56 Å². The van der Waals surface area contributed by atoms with Gasteiger partial charge in [-0.1, -0.05) is 79.9 Å². The van der Waals surface area contributed by atoms with Crippen molar-refractivity contribution in [2.75, 3.05) is 11.5 Å². The number of anilines is 1. The minimum atomic E-state index is -0.762. The van der Waals surface area contributed by atoms with Crippen LogP contribution in [0.15, 0.2) is 42.5 Å². The number of thioether (sulfide) groups is 2. The van der Waals surface area contributed by atoms with Crippen LogP contribution >= 0.6 is 34.9 Å². The van der Waals surface area contributed by atoms with Gasteiger partial charge in [-0.3, -0.25) is 19.1 Å². The van der Waals surface area contributed by atoms with E-state index in [1.165, 1.54) is 38.8 Å². The summed E-state index contributed by atoms with van der Waals surface area (Å²) in [7, 11) is 0. The molecule has 3 aromatic rings. The molecule has 0 fully saturated rings. The van der Waals surface area contributed by atoms with E-state index in [4.69, 9.17) is 5.73 Å². The Kier molecular flexibility index (Phi) is 8.32. The summed E-state index contributed by atoms with van der Waals surface area (Å²) in [6.45, 7) is 6.54. The lowest BCUT2D eigenvalue weighted by Crippen LogP contribution is -2.36. The zero-order chi connectivity index (χ0) is 23.3. The first-order chi connectivity index (χ1) is 15.3. The SMILES string of the molecule is CCCn1c(N)c(C(=O)CSc2nnc(SCc3ccc(C(C)C)cc3)s2)c(=O)[nH]c1=O. The number of ketones is 1. The second-order valence-corrected chi connectivity index (χ2v) is 10.8. The molecule has 0 aliphatic rings. The summed E-state index contributed by atoms with van der Waals surface area (Å²) in [6, 6.07) is 8.53. The number of aromatic nitrogens is 4. The molecule has 8 nitrogen and oxygen atoms in total. The van der Waals surface area contributed by atoms with Crippen molar-refractivity contribution < 1.29 is 4.79 Å². The Morgan fingerprint density at radius 2 is 1.81 bits per heavy atom. The number of nitrogens with two attached hydrogens (primary N) is 1. The zero-order valence-corrected chi connectivity index (χ0v) is 20.5. The normalized spacial score (nSPS) is 11.2. The Hall–Kier alpha value is -2.37. The van der Waals surface area contributed by atoms with Crippen molar-refractivity contribution in [1.82, 2.24) is 19.7 Å². The number of H-pyrrole nitrogens is 1. The standard InChI is InChI=1S/C21H25N5O3S3/c1-4-9-26-17(22)16(18(28)23-19(26)29)15(27)11-31-21-25-24-20(32-21)30-10-13-5-7-14(8-6-13)12(2)3/h5-8,12H,4,9-11,22H2,1-3H3,(H,23,28,29). The average molecular weight is 492 g/mol. The highest BCUT2D eigenvalue weighted by Gasteiger charge is 2.20. The second kappa shape index (κ2) is 11.0. The van der Waals surface area contributed by atoms with E-state index < -0.39 is 17.0 Å². The van der Waals surface area contributed by atoms with Gasteiger partial charge in [-0.25, -0.2) is 4.79 Å². The number of nitrogens with one attached hydrogen (secondary N) is 1. The van der Waals surface area contributed by atoms with Gasteiger partial charge >= 0.3 is 5.69 Å². The van der Waals surface area contributed by atoms with Gasteiger partial charge in [0.05, 0.1) is 5.75 Å². The Labute approximate surface area is 198 Å². The van der Waals surface area contributed by atoms with Crippen LogP contribution in [0.4, 0.5) is 5.82 Å². The van der Waals surface area contributed by atoms with Gasteiger partial charge in [0.15, 0.2) is 14.5 Å². The largest absolute Gasteiger partial charge is 0.384 e. The fourth-order valence-electron chi connectivity index (χ4n) is 2.96. The quantitative estimate of drug-likeness (QED) is 0.324. The summed E-state index contributed by atoms with van der Waals surface area (Å²) in [5.74, 6) is 0.717. The topological polar surface area (TPSA) is 124 Å². The second-order valence-electron chi connectivity index (χ2n) is 7.40. The van der Waals surface area contributed by atoms with E-state index >= 15 is 0 Å². The number of hydrogen-bond donors (Lipinski definition) is 2. The van der Waals surface area contributed by atoms with Gasteiger partial charge in [0.1, 0.15) is 11.4 Å². The number of benzene rings is 1. The van der Waals surface area contributed by atoms with Crippen LogP contribution in [-0.2, 0) is 12.3 Å². The predicted octanol–water partition coefficient (Wildman–Crippen LogP) is 3.77. The summed E-state index contributed by atoms with van der Waals surface area (Å²) in [5, 5.41) is 8.30. The third-order valence-corrected chi connectivity index (χ3v) is 7.95. The molecular formula is C21H25N5O3S3. The van der Waals surface area contributed by atoms with E-state index in [1.54, 1.807) is 11.8 Å². The molecular weight excluding hydrogens is 466 g/mol. The molecule has 0 unspecified atom stereocenters. The van der Waals surface area contributed by atoms with E-state index in [9.17, 15) is 14.4 Å². The van der Waals surface area contributed by atoms with Crippen LogP contribution in [-0.4, -0.2) is 31.3 Å². The molecule has 0 radical (unpaired) electrons. The molecule has 0 bridgehead atoms. The molecule has 3 N–H and O–H groups in total. The number of nitrogen functional groups attached to an aromatic ring is 1. The molecule has 32 heavy (non-hydrogen) atoms. The summed E-state index contributed by atoms with van der Waals surface area (Å²) >= 11 is 4.18. The number of Topliss-reactive ketones (excluding diaryl/α,β-unsaturated/α-hetero) is 1. The maximum absolute atomic E-state index is 12.6. The van der Waals surface area contributed by atoms with Crippen molar-refractivity contribution in [3.05, 3.63) is 61.8 Å². The van der Waals surface area contributed by atoms with Gasteiger partial charge in [-0.15, -0.1) is 10.2 Å². The monoisotopic (exact) mass is 491 g/mol. The van der Waals surface area contributed by atoms with E-state index in [1.807, 2.05) is 6.92 Å². The Bertz CT molecular complexity index is 1200. The number of rotatable bonds is 10. The molecule has 2 heterocycles. The number of carbonyl (C=O) groups is 1. The van der Waals surface area contributed by atoms with Crippen LogP contribution in [0, 0.1) is 0 Å². The molecule has 0 aliphatic heterocycles. The van der Waals surface area contributed by atoms with Crippen molar-refractivity contribution in [3.63, 3.8) is 0 Å². The fourth-order valence-corrected chi connectivity index (χ4v) is 5.81. The first-order valence-electron chi connectivity index (χ1n) is 10.1. The Morgan fingerprint density at radius 3 is 2.44 bits per heavy atom. The molecule has 1 aromatic carbocycles. The minimum Gasteiger partial charge on any atom is -0.384 e. The van der Waals surface area contributed by atoms with Crippen LogP contribution in [0.2, 0.25) is 0 Å².